The van der Waals surface area contributed by atoms with Crippen LogP contribution < -0.4 is 20.9 Å². The van der Waals surface area contributed by atoms with Gasteiger partial charge < -0.3 is 10.1 Å². The summed E-state index contributed by atoms with van der Waals surface area (Å²) in [6, 6.07) is 12.1. The quantitative estimate of drug-likeness (QED) is 0.705. The van der Waals surface area contributed by atoms with Crippen molar-refractivity contribution in [3.63, 3.8) is 0 Å². The Kier molecular flexibility index (Phi) is 6.21. The molecule has 0 radical (unpaired) electrons. The van der Waals surface area contributed by atoms with E-state index in [-0.39, 0.29) is 18.5 Å². The van der Waals surface area contributed by atoms with Gasteiger partial charge in [0.2, 0.25) is 5.91 Å². The second kappa shape index (κ2) is 8.62. The second-order valence-electron chi connectivity index (χ2n) is 6.55. The highest BCUT2D eigenvalue weighted by atomic mass is 19.4. The van der Waals surface area contributed by atoms with Gasteiger partial charge in [0, 0.05) is 12.6 Å². The lowest BCUT2D eigenvalue weighted by Gasteiger charge is -2.12. The number of hydrogen-bond donors (Lipinski definition) is 3. The normalized spacial score (nSPS) is 19.4. The van der Waals surface area contributed by atoms with Gasteiger partial charge in [-0.25, -0.2) is 10.9 Å². The first-order valence-corrected chi connectivity index (χ1v) is 9.04. The fourth-order valence-corrected chi connectivity index (χ4v) is 3.08. The van der Waals surface area contributed by atoms with E-state index < -0.39 is 17.8 Å². The van der Waals surface area contributed by atoms with Crippen LogP contribution in [-0.2, 0) is 17.5 Å². The molecule has 28 heavy (non-hydrogen) atoms. The molecule has 150 valence electrons. The number of amides is 1. The largest absolute Gasteiger partial charge is 0.494 e. The van der Waals surface area contributed by atoms with Crippen LogP contribution in [0.2, 0.25) is 0 Å². The summed E-state index contributed by atoms with van der Waals surface area (Å²) in [5.41, 5.74) is 6.72. The Morgan fingerprint density at radius 1 is 1.18 bits per heavy atom. The molecule has 0 aliphatic carbocycles. The van der Waals surface area contributed by atoms with Gasteiger partial charge >= 0.3 is 6.18 Å². The summed E-state index contributed by atoms with van der Waals surface area (Å²) in [5, 5.41) is 2.69. The molecule has 1 aliphatic heterocycles. The van der Waals surface area contributed by atoms with Crippen molar-refractivity contribution < 1.29 is 22.7 Å². The number of nitrogens with one attached hydrogen (secondary N) is 3. The Balaban J connectivity index is 1.53. The monoisotopic (exact) mass is 393 g/mol. The molecule has 1 aliphatic rings. The summed E-state index contributed by atoms with van der Waals surface area (Å²) in [5.74, 6) is 0.519. The minimum atomic E-state index is -4.40. The molecule has 2 atom stereocenters. The van der Waals surface area contributed by atoms with Crippen molar-refractivity contribution in [1.29, 1.82) is 0 Å². The minimum absolute atomic E-state index is 0.0364. The van der Waals surface area contributed by atoms with Gasteiger partial charge in [-0.05, 0) is 48.7 Å². The van der Waals surface area contributed by atoms with Crippen LogP contribution in [0.3, 0.4) is 0 Å². The maximum absolute atomic E-state index is 12.8. The highest BCUT2D eigenvalue weighted by Gasteiger charge is 2.31. The van der Waals surface area contributed by atoms with E-state index in [9.17, 15) is 18.0 Å². The Labute approximate surface area is 161 Å². The number of benzene rings is 2. The van der Waals surface area contributed by atoms with E-state index in [4.69, 9.17) is 4.74 Å². The van der Waals surface area contributed by atoms with Crippen LogP contribution in [0.1, 0.15) is 36.1 Å². The molecule has 1 fully saturated rings. The zero-order chi connectivity index (χ0) is 20.1. The molecule has 0 spiro atoms. The number of hydrogen-bond acceptors (Lipinski definition) is 4. The summed E-state index contributed by atoms with van der Waals surface area (Å²) in [6.45, 7) is 2.55. The van der Waals surface area contributed by atoms with Gasteiger partial charge in [0.25, 0.3) is 0 Å². The number of hydrazine groups is 1. The lowest BCUT2D eigenvalue weighted by atomic mass is 10.0. The standard InChI is InChI=1S/C20H22F3N3O2/c1-2-28-16-8-6-14(7-9-16)17-11-18(26-25-17)19(27)24-12-13-4-3-5-15(10-13)20(21,22)23/h3-10,17-18,25-26H,2,11-12H2,1H3,(H,24,27). The molecule has 1 heterocycles. The molecule has 5 nitrogen and oxygen atoms in total. The molecular formula is C20H22F3N3O2. The second-order valence-corrected chi connectivity index (χ2v) is 6.55. The predicted molar refractivity (Wildman–Crippen MR) is 98.3 cm³/mol. The van der Waals surface area contributed by atoms with E-state index in [0.29, 0.717) is 18.6 Å². The number of halogens is 3. The third-order valence-electron chi connectivity index (χ3n) is 4.53. The number of rotatable bonds is 6. The molecule has 1 amide bonds. The molecule has 8 heteroatoms. The number of carbonyl (C=O) groups is 1. The topological polar surface area (TPSA) is 62.4 Å². The van der Waals surface area contributed by atoms with E-state index >= 15 is 0 Å². The van der Waals surface area contributed by atoms with Crippen molar-refractivity contribution in [1.82, 2.24) is 16.2 Å². The van der Waals surface area contributed by atoms with Gasteiger partial charge in [-0.2, -0.15) is 13.2 Å². The molecule has 0 saturated carbocycles. The van der Waals surface area contributed by atoms with E-state index in [0.717, 1.165) is 23.4 Å². The van der Waals surface area contributed by atoms with Gasteiger partial charge in [0.05, 0.1) is 12.2 Å². The molecule has 0 bridgehead atoms. The fourth-order valence-electron chi connectivity index (χ4n) is 3.08. The van der Waals surface area contributed by atoms with Gasteiger partial charge in [-0.3, -0.25) is 4.79 Å². The summed E-state index contributed by atoms with van der Waals surface area (Å²) in [4.78, 5) is 12.4. The average molecular weight is 393 g/mol. The van der Waals surface area contributed by atoms with E-state index in [1.165, 1.54) is 6.07 Å². The van der Waals surface area contributed by atoms with Crippen LogP contribution in [0.5, 0.6) is 5.75 Å². The van der Waals surface area contributed by atoms with Gasteiger partial charge in [0.1, 0.15) is 11.8 Å². The SMILES string of the molecule is CCOc1ccc(C2CC(C(=O)NCc3cccc(C(F)(F)F)c3)NN2)cc1. The van der Waals surface area contributed by atoms with Crippen molar-refractivity contribution in [3.8, 4) is 5.75 Å². The van der Waals surface area contributed by atoms with Gasteiger partial charge in [0.15, 0.2) is 0 Å². The van der Waals surface area contributed by atoms with Crippen LogP contribution in [-0.4, -0.2) is 18.6 Å². The molecular weight excluding hydrogens is 371 g/mol. The summed E-state index contributed by atoms with van der Waals surface area (Å²) < 4.78 is 43.7. The highest BCUT2D eigenvalue weighted by molar-refractivity contribution is 5.82. The first-order chi connectivity index (χ1) is 13.4. The lowest BCUT2D eigenvalue weighted by molar-refractivity contribution is -0.137. The number of alkyl halides is 3. The Morgan fingerprint density at radius 3 is 2.61 bits per heavy atom. The van der Waals surface area contributed by atoms with E-state index in [1.54, 1.807) is 6.07 Å². The lowest BCUT2D eigenvalue weighted by Crippen LogP contribution is -2.42. The first kappa shape index (κ1) is 20.2. The summed E-state index contributed by atoms with van der Waals surface area (Å²) in [6.07, 6.45) is -3.87. The number of carbonyl (C=O) groups excluding carboxylic acids is 1. The van der Waals surface area contributed by atoms with Gasteiger partial charge in [-0.1, -0.05) is 24.3 Å². The average Bonchev–Trinajstić information content (AvgIpc) is 3.17. The van der Waals surface area contributed by atoms with E-state index in [1.807, 2.05) is 31.2 Å². The van der Waals surface area contributed by atoms with Gasteiger partial charge in [-0.15, -0.1) is 0 Å². The van der Waals surface area contributed by atoms with Crippen LogP contribution in [0.25, 0.3) is 0 Å². The van der Waals surface area contributed by atoms with Crippen molar-refractivity contribution in [3.05, 3.63) is 65.2 Å². The third kappa shape index (κ3) is 5.02. The van der Waals surface area contributed by atoms with Crippen molar-refractivity contribution >= 4 is 5.91 Å². The molecule has 2 aromatic carbocycles. The fraction of sp³-hybridized carbons (Fsp3) is 0.350. The van der Waals surface area contributed by atoms with Crippen molar-refractivity contribution in [2.24, 2.45) is 0 Å². The zero-order valence-electron chi connectivity index (χ0n) is 15.3. The Bertz CT molecular complexity index is 809. The molecule has 2 unspecified atom stereocenters. The van der Waals surface area contributed by atoms with Crippen LogP contribution in [0.4, 0.5) is 13.2 Å². The third-order valence-corrected chi connectivity index (χ3v) is 4.53. The summed E-state index contributed by atoms with van der Waals surface area (Å²) >= 11 is 0. The van der Waals surface area contributed by atoms with Crippen LogP contribution >= 0.6 is 0 Å². The Hall–Kier alpha value is -2.58. The molecule has 0 aromatic heterocycles. The molecule has 3 N–H and O–H groups in total. The predicted octanol–water partition coefficient (Wildman–Crippen LogP) is 3.33. The summed E-state index contributed by atoms with van der Waals surface area (Å²) in [7, 11) is 0. The van der Waals surface area contributed by atoms with Crippen molar-refractivity contribution in [2.45, 2.75) is 38.1 Å². The molecule has 2 aromatic rings. The van der Waals surface area contributed by atoms with Crippen LogP contribution in [0.15, 0.2) is 48.5 Å². The van der Waals surface area contributed by atoms with Crippen LogP contribution in [0, 0.1) is 0 Å². The Morgan fingerprint density at radius 2 is 1.93 bits per heavy atom. The smallest absolute Gasteiger partial charge is 0.416 e. The minimum Gasteiger partial charge on any atom is -0.494 e. The van der Waals surface area contributed by atoms with E-state index in [2.05, 4.69) is 16.2 Å². The van der Waals surface area contributed by atoms with Crippen molar-refractivity contribution in [2.75, 3.05) is 6.61 Å². The number of ether oxygens (including phenoxy) is 1. The molecule has 1 saturated heterocycles. The first-order valence-electron chi connectivity index (χ1n) is 9.04. The molecule has 3 rings (SSSR count). The highest BCUT2D eigenvalue weighted by Crippen LogP contribution is 2.29. The maximum Gasteiger partial charge on any atom is 0.416 e. The maximum atomic E-state index is 12.8. The zero-order valence-corrected chi connectivity index (χ0v) is 15.3.